The Balaban J connectivity index is 1.39. The summed E-state index contributed by atoms with van der Waals surface area (Å²) in [6.45, 7) is 6.56. The number of ether oxygens (including phenoxy) is 1. The number of methoxy groups -OCH3 is 1. The van der Waals surface area contributed by atoms with Gasteiger partial charge in [-0.25, -0.2) is 9.76 Å². The lowest BCUT2D eigenvalue weighted by Gasteiger charge is -2.42. The van der Waals surface area contributed by atoms with E-state index in [1.54, 1.807) is 7.11 Å². The summed E-state index contributed by atoms with van der Waals surface area (Å²) in [4.78, 5) is 29.5. The van der Waals surface area contributed by atoms with Gasteiger partial charge in [0.05, 0.1) is 18.2 Å². The maximum atomic E-state index is 14.6. The Hall–Kier alpha value is -3.75. The Kier molecular flexibility index (Phi) is 7.90. The first-order valence-corrected chi connectivity index (χ1v) is 16.6. The molecule has 0 bridgehead atoms. The van der Waals surface area contributed by atoms with Gasteiger partial charge < -0.3 is 14.2 Å². The summed E-state index contributed by atoms with van der Waals surface area (Å²) in [6, 6.07) is 22.8. The number of hydrogen-bond acceptors (Lipinski definition) is 5. The molecular weight excluding hydrogens is 582 g/mol. The van der Waals surface area contributed by atoms with Crippen LogP contribution in [0.25, 0.3) is 22.2 Å². The predicted molar refractivity (Wildman–Crippen MR) is 180 cm³/mol. The molecule has 2 fully saturated rings. The van der Waals surface area contributed by atoms with Crippen LogP contribution in [0.1, 0.15) is 90.8 Å². The number of thiol groups is 1. The molecule has 2 amide bonds. The van der Waals surface area contributed by atoms with Crippen molar-refractivity contribution in [2.75, 3.05) is 20.2 Å². The number of carbonyl (C=O) groups is 2. The molecule has 1 saturated carbocycles. The van der Waals surface area contributed by atoms with Crippen LogP contribution in [0.2, 0.25) is 0 Å². The van der Waals surface area contributed by atoms with Gasteiger partial charge in [0.2, 0.25) is 5.91 Å². The number of likely N-dealkylation sites (tertiary alicyclic amines) is 1. The average Bonchev–Trinajstić information content (AvgIpc) is 3.71. The number of rotatable bonds is 10. The summed E-state index contributed by atoms with van der Waals surface area (Å²) in [5.74, 6) is 1.52. The zero-order valence-corrected chi connectivity index (χ0v) is 27.1. The standard InChI is InChI=1S/C37H41N3O4S/c1-4-9-24(10-5-2)33-29-15-13-25(35(41)38-44-45)17-32(29)40-22-37(36(42)39-20-26(21-39)23-11-7-6-8-12-23)19-31(37)30-18-27(43-3)14-16-28(30)34(33)40/h6-8,11-18,24,26,31,45H,4-5,9-10,19-22H2,1-3H3,(H,38,41). The van der Waals surface area contributed by atoms with Gasteiger partial charge in [0, 0.05) is 66.4 Å². The van der Waals surface area contributed by atoms with Crippen molar-refractivity contribution in [1.29, 1.82) is 0 Å². The minimum absolute atomic E-state index is 0.105. The fraction of sp³-hybridized carbons (Fsp3) is 0.405. The van der Waals surface area contributed by atoms with E-state index in [4.69, 9.17) is 4.74 Å². The van der Waals surface area contributed by atoms with Crippen LogP contribution in [0.5, 0.6) is 5.75 Å². The molecule has 8 heteroatoms. The Morgan fingerprint density at radius 2 is 1.78 bits per heavy atom. The molecule has 1 saturated heterocycles. The van der Waals surface area contributed by atoms with Gasteiger partial charge in [-0.15, -0.1) is 0 Å². The van der Waals surface area contributed by atoms with Crippen LogP contribution in [0, 0.1) is 5.41 Å². The van der Waals surface area contributed by atoms with Crippen LogP contribution in [0.15, 0.2) is 66.7 Å². The van der Waals surface area contributed by atoms with Crippen molar-refractivity contribution >= 4 is 35.6 Å². The molecule has 7 nitrogen and oxygen atoms in total. The highest BCUT2D eigenvalue weighted by molar-refractivity contribution is 7.75. The van der Waals surface area contributed by atoms with Crippen LogP contribution in [-0.4, -0.2) is 41.5 Å². The van der Waals surface area contributed by atoms with Gasteiger partial charge in [0.25, 0.3) is 5.91 Å². The minimum Gasteiger partial charge on any atom is -0.497 e. The third-order valence-electron chi connectivity index (χ3n) is 10.5. The van der Waals surface area contributed by atoms with Gasteiger partial charge in [0.1, 0.15) is 5.75 Å². The van der Waals surface area contributed by atoms with Gasteiger partial charge in [0.15, 0.2) is 0 Å². The van der Waals surface area contributed by atoms with E-state index in [2.05, 4.69) is 88.5 Å². The topological polar surface area (TPSA) is 72.8 Å². The molecule has 234 valence electrons. The number of hydroxylamine groups is 1. The molecule has 7 rings (SSSR count). The van der Waals surface area contributed by atoms with Gasteiger partial charge in [-0.2, -0.15) is 0 Å². The summed E-state index contributed by atoms with van der Waals surface area (Å²) in [6.07, 6.45) is 5.10. The number of hydrogen-bond donors (Lipinski definition) is 2. The van der Waals surface area contributed by atoms with Gasteiger partial charge in [-0.1, -0.05) is 63.1 Å². The van der Waals surface area contributed by atoms with Crippen molar-refractivity contribution in [1.82, 2.24) is 14.9 Å². The third-order valence-corrected chi connectivity index (χ3v) is 10.5. The predicted octanol–water partition coefficient (Wildman–Crippen LogP) is 7.62. The van der Waals surface area contributed by atoms with Crippen LogP contribution in [-0.2, 0) is 15.6 Å². The molecule has 0 spiro atoms. The second-order valence-corrected chi connectivity index (χ2v) is 13.2. The maximum absolute atomic E-state index is 14.6. The monoisotopic (exact) mass is 623 g/mol. The molecule has 1 aliphatic carbocycles. The summed E-state index contributed by atoms with van der Waals surface area (Å²) >= 11 is 3.73. The molecular formula is C37H41N3O4S. The second-order valence-electron chi connectivity index (χ2n) is 13.1. The van der Waals surface area contributed by atoms with E-state index in [1.165, 1.54) is 27.9 Å². The van der Waals surface area contributed by atoms with Crippen molar-refractivity contribution in [2.45, 2.75) is 70.3 Å². The average molecular weight is 624 g/mol. The summed E-state index contributed by atoms with van der Waals surface area (Å²) in [5.41, 5.74) is 9.45. The molecule has 45 heavy (non-hydrogen) atoms. The smallest absolute Gasteiger partial charge is 0.275 e. The van der Waals surface area contributed by atoms with Crippen LogP contribution < -0.4 is 10.2 Å². The molecule has 3 heterocycles. The molecule has 3 aromatic carbocycles. The largest absolute Gasteiger partial charge is 0.497 e. The zero-order valence-electron chi connectivity index (χ0n) is 26.2. The fourth-order valence-electron chi connectivity index (χ4n) is 8.16. The van der Waals surface area contributed by atoms with E-state index in [0.717, 1.165) is 61.8 Å². The highest BCUT2D eigenvalue weighted by Gasteiger charge is 2.64. The highest BCUT2D eigenvalue weighted by atomic mass is 32.1. The normalized spacial score (nSPS) is 20.2. The van der Waals surface area contributed by atoms with Gasteiger partial charge >= 0.3 is 0 Å². The first kappa shape index (κ1) is 29.9. The second kappa shape index (κ2) is 11.9. The number of nitrogens with one attached hydrogen (secondary N) is 1. The zero-order chi connectivity index (χ0) is 31.3. The Morgan fingerprint density at radius 3 is 2.47 bits per heavy atom. The van der Waals surface area contributed by atoms with E-state index >= 15 is 0 Å². The van der Waals surface area contributed by atoms with E-state index in [-0.39, 0.29) is 17.7 Å². The summed E-state index contributed by atoms with van der Waals surface area (Å²) in [7, 11) is 1.70. The number of aromatic nitrogens is 1. The highest BCUT2D eigenvalue weighted by Crippen LogP contribution is 2.66. The third kappa shape index (κ3) is 4.93. The molecule has 1 N–H and O–H groups in total. The van der Waals surface area contributed by atoms with Crippen LogP contribution >= 0.6 is 12.9 Å². The number of carbonyl (C=O) groups excluding carboxylic acids is 2. The van der Waals surface area contributed by atoms with Gasteiger partial charge in [-0.05, 0) is 72.2 Å². The summed E-state index contributed by atoms with van der Waals surface area (Å²) in [5, 5.41) is 1.15. The van der Waals surface area contributed by atoms with E-state index in [0.29, 0.717) is 23.9 Å². The Labute approximate surface area is 270 Å². The van der Waals surface area contributed by atoms with E-state index in [9.17, 15) is 9.59 Å². The lowest BCUT2D eigenvalue weighted by atomic mass is 9.85. The molecule has 2 unspecified atom stereocenters. The lowest BCUT2D eigenvalue weighted by Crippen LogP contribution is -2.52. The first-order valence-electron chi connectivity index (χ1n) is 16.2. The maximum Gasteiger partial charge on any atom is 0.275 e. The Bertz CT molecular complexity index is 1760. The fourth-order valence-corrected chi connectivity index (χ4v) is 8.24. The summed E-state index contributed by atoms with van der Waals surface area (Å²) < 4.78 is 12.8. The number of benzene rings is 3. The van der Waals surface area contributed by atoms with Gasteiger partial charge in [-0.3, -0.25) is 9.59 Å². The van der Waals surface area contributed by atoms with Crippen LogP contribution in [0.4, 0.5) is 0 Å². The van der Waals surface area contributed by atoms with Crippen molar-refractivity contribution in [2.24, 2.45) is 5.41 Å². The van der Waals surface area contributed by atoms with Crippen molar-refractivity contribution in [3.05, 3.63) is 89.0 Å². The molecule has 2 atom stereocenters. The van der Waals surface area contributed by atoms with Crippen molar-refractivity contribution < 1.29 is 18.6 Å². The lowest BCUT2D eigenvalue weighted by molar-refractivity contribution is -0.142. The van der Waals surface area contributed by atoms with E-state index < -0.39 is 5.41 Å². The number of nitrogens with zero attached hydrogens (tertiary/aromatic N) is 2. The number of fused-ring (bicyclic) bond motifs is 7. The SMILES string of the molecule is CCCC(CCC)c1c2n(c3cc(C(=O)NOS)ccc13)CC1(C(=O)N3CC(c4ccccc4)C3)CC1c1cc(OC)ccc1-2. The van der Waals surface area contributed by atoms with Crippen molar-refractivity contribution in [3.63, 3.8) is 0 Å². The molecule has 0 radical (unpaired) electrons. The first-order chi connectivity index (χ1) is 21.9. The molecule has 3 aliphatic rings. The van der Waals surface area contributed by atoms with Crippen molar-refractivity contribution in [3.8, 4) is 17.0 Å². The van der Waals surface area contributed by atoms with E-state index in [1.807, 2.05) is 24.3 Å². The minimum atomic E-state index is -0.547. The quantitative estimate of drug-likeness (QED) is 0.108. The molecule has 1 aromatic heterocycles. The van der Waals surface area contributed by atoms with Crippen LogP contribution in [0.3, 0.4) is 0 Å². The Morgan fingerprint density at radius 1 is 1.02 bits per heavy atom. The molecule has 4 aromatic rings. The number of amides is 2. The molecule has 2 aliphatic heterocycles.